The summed E-state index contributed by atoms with van der Waals surface area (Å²) in [4.78, 5) is 105. The van der Waals surface area contributed by atoms with E-state index in [1.165, 1.54) is 59.1 Å². The highest BCUT2D eigenvalue weighted by Gasteiger charge is 2.59. The Hall–Kier alpha value is -8.98. The van der Waals surface area contributed by atoms with E-state index >= 15 is 0 Å². The Balaban J connectivity index is 0.000000181. The minimum atomic E-state index is -3.86. The monoisotopic (exact) mass is 1350 g/mol. The predicted molar refractivity (Wildman–Crippen MR) is 343 cm³/mol. The Labute approximate surface area is 550 Å². The van der Waals surface area contributed by atoms with E-state index in [0.717, 1.165) is 16.7 Å². The molecule has 6 heterocycles. The van der Waals surface area contributed by atoms with Crippen LogP contribution in [-0.2, 0) is 67.9 Å². The predicted octanol–water partition coefficient (Wildman–Crippen LogP) is 14.1. The number of nitrogens with zero attached hydrogens (tertiary/aromatic N) is 8. The molecule has 2 amide bonds. The molecule has 4 unspecified atom stereocenters. The first-order chi connectivity index (χ1) is 43.7. The Morgan fingerprint density at radius 2 is 0.833 bits per heavy atom. The van der Waals surface area contributed by atoms with Crippen LogP contribution in [0.15, 0.2) is 72.8 Å². The van der Waals surface area contributed by atoms with Gasteiger partial charge >= 0.3 is 41.6 Å². The number of carboxylic acids is 1. The van der Waals surface area contributed by atoms with Crippen LogP contribution < -0.4 is 9.80 Å². The smallest absolute Gasteiger partial charge is 0.326 e. The van der Waals surface area contributed by atoms with Crippen molar-refractivity contribution in [1.82, 2.24) is 19.1 Å². The van der Waals surface area contributed by atoms with E-state index in [9.17, 15) is 80.4 Å². The number of nitro benzene ring substituents is 2. The molecule has 4 atom stereocenters. The number of halogens is 6. The molecule has 2 aromatic heterocycles. The van der Waals surface area contributed by atoms with Crippen molar-refractivity contribution in [2.24, 2.45) is 21.7 Å². The van der Waals surface area contributed by atoms with Gasteiger partial charge in [0.1, 0.15) is 28.2 Å². The second-order valence-corrected chi connectivity index (χ2v) is 29.6. The number of aromatic nitrogens is 4. The molecule has 2 saturated heterocycles. The molecule has 28 heteroatoms. The number of ether oxygens (including phenoxy) is 3. The van der Waals surface area contributed by atoms with Gasteiger partial charge in [0.15, 0.2) is 11.6 Å². The molecule has 0 saturated carbocycles. The zero-order valence-corrected chi connectivity index (χ0v) is 56.9. The first-order valence-electron chi connectivity index (χ1n) is 30.9. The van der Waals surface area contributed by atoms with Gasteiger partial charge in [0.05, 0.1) is 53.6 Å². The van der Waals surface area contributed by atoms with E-state index in [1.54, 1.807) is 119 Å². The Morgan fingerprint density at radius 3 is 1.23 bits per heavy atom. The van der Waals surface area contributed by atoms with Gasteiger partial charge in [-0.25, -0.2) is 9.97 Å². The van der Waals surface area contributed by atoms with Gasteiger partial charge in [0.25, 0.3) is 17.3 Å². The summed E-state index contributed by atoms with van der Waals surface area (Å²) in [6.45, 7) is 28.1. The van der Waals surface area contributed by atoms with Crippen LogP contribution in [0.1, 0.15) is 156 Å². The van der Waals surface area contributed by atoms with Crippen molar-refractivity contribution in [3.8, 4) is 0 Å². The second-order valence-electron chi connectivity index (χ2n) is 29.6. The van der Waals surface area contributed by atoms with Crippen LogP contribution in [0.4, 0.5) is 49.1 Å². The normalized spacial score (nSPS) is 22.7. The number of esters is 3. The third-order valence-corrected chi connectivity index (χ3v) is 16.5. The Bertz CT molecular complexity index is 4110. The summed E-state index contributed by atoms with van der Waals surface area (Å²) in [6, 6.07) is 19.3. The number of benzene rings is 4. The van der Waals surface area contributed by atoms with Crippen LogP contribution in [-0.4, -0.2) is 106 Å². The summed E-state index contributed by atoms with van der Waals surface area (Å²) in [7, 11) is 0. The van der Waals surface area contributed by atoms with E-state index in [1.807, 2.05) is 26.0 Å². The summed E-state index contributed by atoms with van der Waals surface area (Å²) in [6.07, 6.45) is -1.85. The Kier molecular flexibility index (Phi) is 20.1. The molecule has 4 aliphatic heterocycles. The molecule has 4 aromatic carbocycles. The minimum absolute atomic E-state index is 0.00676. The number of aliphatic carboxylic acids is 1. The fourth-order valence-electron chi connectivity index (χ4n) is 11.8. The van der Waals surface area contributed by atoms with Crippen LogP contribution in [0.3, 0.4) is 0 Å². The average molecular weight is 1350 g/mol. The van der Waals surface area contributed by atoms with E-state index in [0.29, 0.717) is 39.0 Å². The maximum Gasteiger partial charge on any atom is 0.326 e. The van der Waals surface area contributed by atoms with Crippen molar-refractivity contribution in [1.29, 1.82) is 0 Å². The molecule has 2 fully saturated rings. The zero-order valence-electron chi connectivity index (χ0n) is 56.9. The first-order valence-corrected chi connectivity index (χ1v) is 30.9. The van der Waals surface area contributed by atoms with Crippen molar-refractivity contribution in [2.75, 3.05) is 22.9 Å². The number of imidazole rings is 2. The van der Waals surface area contributed by atoms with E-state index in [4.69, 9.17) is 14.2 Å². The maximum absolute atomic E-state index is 14.7. The molecular weight excluding hydrogens is 1270 g/mol. The molecule has 520 valence electrons. The number of hydrogen-bond donors (Lipinski definition) is 1. The number of alkyl halides is 6. The van der Waals surface area contributed by atoms with Crippen LogP contribution >= 0.6 is 0 Å². The standard InChI is InChI=1S/C18H22F2N2O5.C18H22F2N2O2.C18H24N2O5.C14H14F2N2O2/c1-11-6-7-12(13(8-11)22(25)26)21-10-17(5,9-18(19,20)14(21)23)15(24)27-16(2,3)4;1-11-6-7-13-12(8-11)21-14-18(19,20)9-17(5,10-22(13)14)15(23)24-16(2,3)4;1-12-6-7-13(14(10-12)20(23)24)19-11-18(5,9-8-15(19)21)16(22)25-17(2,3)4;1-8-3-4-10-9(5-8)17-11-14(15,16)6-13(2,12(19)20)7-18(10)11/h6-8H,9-10H2,1-5H3;6-8H,9-10H2,1-5H3;6-7,10H,8-9,11H2,1-5H3;3-5H,6-7H2,1-2H3,(H,19,20). The number of hydrogen-bond acceptors (Lipinski definition) is 15. The van der Waals surface area contributed by atoms with Crippen LogP contribution in [0.5, 0.6) is 0 Å². The molecule has 0 spiro atoms. The molecule has 0 radical (unpaired) electrons. The lowest BCUT2D eigenvalue weighted by molar-refractivity contribution is -0.384. The summed E-state index contributed by atoms with van der Waals surface area (Å²) in [5.74, 6) is -15.8. The van der Waals surface area contributed by atoms with Gasteiger partial charge in [0.2, 0.25) is 5.91 Å². The van der Waals surface area contributed by atoms with Crippen LogP contribution in [0.25, 0.3) is 22.1 Å². The molecule has 96 heavy (non-hydrogen) atoms. The summed E-state index contributed by atoms with van der Waals surface area (Å²) >= 11 is 0. The van der Waals surface area contributed by atoms with Gasteiger partial charge in [-0.3, -0.25) is 49.0 Å². The molecule has 22 nitrogen and oxygen atoms in total. The molecule has 0 bridgehead atoms. The van der Waals surface area contributed by atoms with Crippen molar-refractivity contribution in [2.45, 2.75) is 197 Å². The number of amides is 2. The Morgan fingerprint density at radius 1 is 0.500 bits per heavy atom. The quantitative estimate of drug-likeness (QED) is 0.0487. The van der Waals surface area contributed by atoms with E-state index in [2.05, 4.69) is 9.97 Å². The first kappa shape index (κ1) is 74.4. The van der Waals surface area contributed by atoms with Gasteiger partial charge in [-0.15, -0.1) is 0 Å². The third-order valence-electron chi connectivity index (χ3n) is 16.5. The van der Waals surface area contributed by atoms with Crippen LogP contribution in [0, 0.1) is 69.6 Å². The summed E-state index contributed by atoms with van der Waals surface area (Å²) in [5, 5.41) is 32.0. The molecule has 10 rings (SSSR count). The number of carbonyl (C=O) groups is 6. The number of rotatable bonds is 8. The highest BCUT2D eigenvalue weighted by atomic mass is 19.3. The summed E-state index contributed by atoms with van der Waals surface area (Å²) in [5.41, 5.74) is -3.02. The lowest BCUT2D eigenvalue weighted by Crippen LogP contribution is -2.59. The third kappa shape index (κ3) is 16.3. The number of carbonyl (C=O) groups excluding carboxylic acids is 5. The highest BCUT2D eigenvalue weighted by Crippen LogP contribution is 2.50. The van der Waals surface area contributed by atoms with Crippen molar-refractivity contribution >= 4 is 80.5 Å². The van der Waals surface area contributed by atoms with Gasteiger partial charge in [-0.1, -0.05) is 24.3 Å². The highest BCUT2D eigenvalue weighted by molar-refractivity contribution is 6.03. The summed E-state index contributed by atoms with van der Waals surface area (Å²) < 4.78 is 106. The molecule has 4 aliphatic rings. The molecule has 6 aromatic rings. The largest absolute Gasteiger partial charge is 0.481 e. The van der Waals surface area contributed by atoms with E-state index < -0.39 is 127 Å². The molecular formula is C68H82F6N8O14. The number of carboxylic acid groups (broad SMARTS) is 1. The topological polar surface area (TPSA) is 279 Å². The van der Waals surface area contributed by atoms with Gasteiger partial charge < -0.3 is 38.3 Å². The fraction of sp³-hybridized carbons (Fsp3) is 0.529. The van der Waals surface area contributed by atoms with E-state index in [-0.39, 0.29) is 60.7 Å². The number of anilines is 2. The number of aryl methyl sites for hydroxylation is 4. The van der Waals surface area contributed by atoms with Gasteiger partial charge in [-0.05, 0) is 183 Å². The van der Waals surface area contributed by atoms with Crippen molar-refractivity contribution in [3.05, 3.63) is 127 Å². The lowest BCUT2D eigenvalue weighted by atomic mass is 9.79. The number of fused-ring (bicyclic) bond motifs is 6. The fourth-order valence-corrected chi connectivity index (χ4v) is 11.8. The van der Waals surface area contributed by atoms with Gasteiger partial charge in [-0.2, -0.15) is 26.3 Å². The van der Waals surface area contributed by atoms with Crippen molar-refractivity contribution in [3.63, 3.8) is 0 Å². The second kappa shape index (κ2) is 25.9. The maximum atomic E-state index is 14.7. The molecule has 1 N–H and O–H groups in total. The van der Waals surface area contributed by atoms with Crippen molar-refractivity contribution < 1.29 is 84.3 Å². The SMILES string of the molecule is Cc1ccc(N2CC(C)(C(=O)OC(C)(C)C)CC(F)(F)C2=O)c([N+](=O)[O-])c1.Cc1ccc(N2CC(C)(C(=O)OC(C)(C)C)CCC2=O)c([N+](=O)[O-])c1.Cc1ccc2c(c1)nc1n2CC(C)(C(=O)O)CC1(F)F.Cc1ccc2c(c1)nc1n2CC(C)(C(=O)OC(C)(C)C)CC1(F)F. The minimum Gasteiger partial charge on any atom is -0.481 e. The van der Waals surface area contributed by atoms with Gasteiger partial charge in [0, 0.05) is 64.0 Å². The molecule has 0 aliphatic carbocycles. The average Bonchev–Trinajstić information content (AvgIpc) is 1.52. The number of piperidine rings is 2. The lowest BCUT2D eigenvalue weighted by Gasteiger charge is -2.42. The zero-order chi connectivity index (χ0) is 72.4. The number of nitro groups is 2. The van der Waals surface area contributed by atoms with Crippen LogP contribution in [0.2, 0.25) is 0 Å².